The predicted molar refractivity (Wildman–Crippen MR) is 140 cm³/mol. The molecule has 0 saturated carbocycles. The molecule has 1 aliphatic heterocycles. The zero-order valence-corrected chi connectivity index (χ0v) is 22.7. The van der Waals surface area contributed by atoms with Crippen LogP contribution in [0.15, 0.2) is 18.2 Å². The van der Waals surface area contributed by atoms with Crippen LogP contribution in [0.3, 0.4) is 0 Å². The van der Waals surface area contributed by atoms with Gasteiger partial charge in [0.2, 0.25) is 15.9 Å². The van der Waals surface area contributed by atoms with Crippen molar-refractivity contribution >= 4 is 32.7 Å². The third kappa shape index (κ3) is 6.25. The number of fused-ring (bicyclic) bond motifs is 3. The van der Waals surface area contributed by atoms with E-state index >= 15 is 0 Å². The summed E-state index contributed by atoms with van der Waals surface area (Å²) in [6.45, 7) is 10.2. The lowest BCUT2D eigenvalue weighted by atomic mass is 10.0. The topological polar surface area (TPSA) is 91.7 Å². The number of carbonyl (C=O) groups excluding carboxylic acids is 2. The SMILES string of the molecule is CCCC(C)N1CCc2c(c3cc(C(=O)N(C)CCCC(=O)NC(C)C)ccc3n2S(C)(=O)=O)C1. The highest BCUT2D eigenvalue weighted by molar-refractivity contribution is 7.89. The zero-order valence-electron chi connectivity index (χ0n) is 21.9. The molecular formula is C26H40N4O4S. The summed E-state index contributed by atoms with van der Waals surface area (Å²) in [5.41, 5.74) is 2.99. The molecule has 0 bridgehead atoms. The predicted octanol–water partition coefficient (Wildman–Crippen LogP) is 3.37. The summed E-state index contributed by atoms with van der Waals surface area (Å²) in [5, 5.41) is 3.69. The van der Waals surface area contributed by atoms with Gasteiger partial charge in [-0.05, 0) is 57.4 Å². The Labute approximate surface area is 209 Å². The summed E-state index contributed by atoms with van der Waals surface area (Å²) in [6.07, 6.45) is 5.02. The lowest BCUT2D eigenvalue weighted by Gasteiger charge is -2.33. The molecule has 0 radical (unpaired) electrons. The van der Waals surface area contributed by atoms with E-state index in [0.717, 1.165) is 36.0 Å². The monoisotopic (exact) mass is 504 g/mol. The normalized spacial score (nSPS) is 15.3. The maximum absolute atomic E-state index is 13.2. The second-order valence-electron chi connectivity index (χ2n) is 10.1. The Bertz CT molecular complexity index is 1190. The lowest BCUT2D eigenvalue weighted by molar-refractivity contribution is -0.121. The van der Waals surface area contributed by atoms with Gasteiger partial charge in [-0.15, -0.1) is 0 Å². The molecule has 1 N–H and O–H groups in total. The average Bonchev–Trinajstić information content (AvgIpc) is 3.11. The maximum Gasteiger partial charge on any atom is 0.253 e. The van der Waals surface area contributed by atoms with E-state index in [1.165, 1.54) is 10.2 Å². The van der Waals surface area contributed by atoms with Crippen LogP contribution in [0.5, 0.6) is 0 Å². The van der Waals surface area contributed by atoms with E-state index in [4.69, 9.17) is 0 Å². The summed E-state index contributed by atoms with van der Waals surface area (Å²) < 4.78 is 26.9. The molecule has 2 aromatic rings. The minimum Gasteiger partial charge on any atom is -0.354 e. The second-order valence-corrected chi connectivity index (χ2v) is 11.9. The highest BCUT2D eigenvalue weighted by Gasteiger charge is 2.29. The Morgan fingerprint density at radius 1 is 1.20 bits per heavy atom. The van der Waals surface area contributed by atoms with E-state index in [0.29, 0.717) is 49.5 Å². The molecular weight excluding hydrogens is 464 g/mol. The van der Waals surface area contributed by atoms with Crippen LogP contribution in [0.1, 0.15) is 75.0 Å². The molecule has 194 valence electrons. The van der Waals surface area contributed by atoms with Crippen LogP contribution in [-0.4, -0.2) is 72.5 Å². The van der Waals surface area contributed by atoms with E-state index in [2.05, 4.69) is 24.1 Å². The zero-order chi connectivity index (χ0) is 25.9. The van der Waals surface area contributed by atoms with Gasteiger partial charge in [-0.1, -0.05) is 13.3 Å². The molecule has 1 unspecified atom stereocenters. The van der Waals surface area contributed by atoms with Gasteiger partial charge in [0.25, 0.3) is 5.91 Å². The van der Waals surface area contributed by atoms with Gasteiger partial charge in [0.05, 0.1) is 11.8 Å². The number of amides is 2. The Balaban J connectivity index is 1.88. The van der Waals surface area contributed by atoms with Crippen molar-refractivity contribution in [2.45, 2.75) is 78.4 Å². The number of hydrogen-bond acceptors (Lipinski definition) is 5. The van der Waals surface area contributed by atoms with Crippen molar-refractivity contribution in [1.29, 1.82) is 0 Å². The first-order valence-corrected chi connectivity index (χ1v) is 14.4. The van der Waals surface area contributed by atoms with Crippen LogP contribution >= 0.6 is 0 Å². The molecule has 0 saturated heterocycles. The fraction of sp³-hybridized carbons (Fsp3) is 0.615. The number of rotatable bonds is 10. The summed E-state index contributed by atoms with van der Waals surface area (Å²) in [5.74, 6) is -0.151. The molecule has 9 heteroatoms. The van der Waals surface area contributed by atoms with Crippen LogP contribution in [-0.2, 0) is 27.8 Å². The largest absolute Gasteiger partial charge is 0.354 e. The summed E-state index contributed by atoms with van der Waals surface area (Å²) in [4.78, 5) is 29.1. The number of nitrogens with zero attached hydrogens (tertiary/aromatic N) is 3. The standard InChI is InChI=1S/C26H40N4O4S/c1-7-9-19(4)29-15-13-24-22(17-29)21-16-20(11-12-23(21)30(24)35(6,33)34)26(32)28(5)14-8-10-25(31)27-18(2)3/h11-12,16,18-19H,7-10,13-15,17H2,1-6H3,(H,27,31). The molecule has 3 rings (SSSR count). The van der Waals surface area contributed by atoms with Crippen LogP contribution in [0.2, 0.25) is 0 Å². The van der Waals surface area contributed by atoms with Crippen LogP contribution in [0, 0.1) is 0 Å². The van der Waals surface area contributed by atoms with Crippen molar-refractivity contribution in [2.24, 2.45) is 0 Å². The second kappa shape index (κ2) is 11.1. The third-order valence-electron chi connectivity index (χ3n) is 6.73. The van der Waals surface area contributed by atoms with Crippen molar-refractivity contribution in [3.8, 4) is 0 Å². The molecule has 1 atom stereocenters. The smallest absolute Gasteiger partial charge is 0.253 e. The van der Waals surface area contributed by atoms with Crippen molar-refractivity contribution in [3.63, 3.8) is 0 Å². The van der Waals surface area contributed by atoms with Crippen molar-refractivity contribution in [1.82, 2.24) is 19.1 Å². The summed E-state index contributed by atoms with van der Waals surface area (Å²) in [6, 6.07) is 5.81. The first-order valence-electron chi connectivity index (χ1n) is 12.6. The maximum atomic E-state index is 13.2. The molecule has 1 aromatic carbocycles. The van der Waals surface area contributed by atoms with Crippen LogP contribution in [0.25, 0.3) is 10.9 Å². The van der Waals surface area contributed by atoms with E-state index in [1.807, 2.05) is 19.9 Å². The fourth-order valence-corrected chi connectivity index (χ4v) is 6.14. The van der Waals surface area contributed by atoms with Gasteiger partial charge in [-0.25, -0.2) is 12.4 Å². The first kappa shape index (κ1) is 27.2. The average molecular weight is 505 g/mol. The van der Waals surface area contributed by atoms with Crippen LogP contribution < -0.4 is 5.32 Å². The number of hydrogen-bond donors (Lipinski definition) is 1. The summed E-state index contributed by atoms with van der Waals surface area (Å²) in [7, 11) is -1.75. The fourth-order valence-electron chi connectivity index (χ4n) is 5.02. The first-order chi connectivity index (χ1) is 16.4. The van der Waals surface area contributed by atoms with Gasteiger partial charge >= 0.3 is 0 Å². The quantitative estimate of drug-likeness (QED) is 0.536. The lowest BCUT2D eigenvalue weighted by Crippen LogP contribution is -2.38. The van der Waals surface area contributed by atoms with Gasteiger partial charge < -0.3 is 10.2 Å². The Kier molecular flexibility index (Phi) is 8.64. The highest BCUT2D eigenvalue weighted by atomic mass is 32.2. The Morgan fingerprint density at radius 3 is 2.54 bits per heavy atom. The van der Waals surface area contributed by atoms with Crippen LogP contribution in [0.4, 0.5) is 0 Å². The number of aromatic nitrogens is 1. The number of benzene rings is 1. The van der Waals surface area contributed by atoms with Gasteiger partial charge in [-0.2, -0.15) is 0 Å². The van der Waals surface area contributed by atoms with Gasteiger partial charge in [0.15, 0.2) is 0 Å². The minimum absolute atomic E-state index is 0.0159. The summed E-state index contributed by atoms with van der Waals surface area (Å²) >= 11 is 0. The molecule has 0 aliphatic carbocycles. The molecule has 0 fully saturated rings. The van der Waals surface area contributed by atoms with E-state index in [-0.39, 0.29) is 17.9 Å². The Morgan fingerprint density at radius 2 is 1.91 bits per heavy atom. The van der Waals surface area contributed by atoms with Crippen molar-refractivity contribution in [3.05, 3.63) is 35.0 Å². The highest BCUT2D eigenvalue weighted by Crippen LogP contribution is 2.34. The van der Waals surface area contributed by atoms with Gasteiger partial charge in [-0.3, -0.25) is 14.5 Å². The molecule has 1 aromatic heterocycles. The minimum atomic E-state index is -3.49. The van der Waals surface area contributed by atoms with E-state index in [1.54, 1.807) is 24.1 Å². The molecule has 2 amide bonds. The molecule has 8 nitrogen and oxygen atoms in total. The van der Waals surface area contributed by atoms with Gasteiger partial charge in [0.1, 0.15) is 0 Å². The molecule has 2 heterocycles. The molecule has 35 heavy (non-hydrogen) atoms. The van der Waals surface area contributed by atoms with Crippen molar-refractivity contribution in [2.75, 3.05) is 26.4 Å². The van der Waals surface area contributed by atoms with Crippen molar-refractivity contribution < 1.29 is 18.0 Å². The molecule has 1 aliphatic rings. The Hall–Kier alpha value is -2.39. The molecule has 0 spiro atoms. The number of carbonyl (C=O) groups is 2. The van der Waals surface area contributed by atoms with Gasteiger partial charge in [0, 0.05) is 68.3 Å². The third-order valence-corrected chi connectivity index (χ3v) is 7.81. The number of nitrogens with one attached hydrogen (secondary N) is 1. The van der Waals surface area contributed by atoms with E-state index < -0.39 is 10.0 Å². The van der Waals surface area contributed by atoms with E-state index in [9.17, 15) is 18.0 Å².